The largest absolute Gasteiger partial charge is 0.611 e. The Balaban J connectivity index is 3.12. The van der Waals surface area contributed by atoms with Crippen molar-refractivity contribution in [3.8, 4) is 0 Å². The van der Waals surface area contributed by atoms with Crippen LogP contribution in [0.15, 0.2) is 34.1 Å². The van der Waals surface area contributed by atoms with Gasteiger partial charge in [0.05, 0.1) is 4.90 Å². The van der Waals surface area contributed by atoms with E-state index < -0.39 is 49.2 Å². The Morgan fingerprint density at radius 1 is 1.04 bits per heavy atom. The van der Waals surface area contributed by atoms with Gasteiger partial charge < -0.3 is 4.55 Å². The van der Waals surface area contributed by atoms with Gasteiger partial charge in [0.2, 0.25) is 5.41 Å². The SMILES string of the molecule is CC(C[S+]([O-])c1ccc(S(=O)(=O)CBr)cc1)(C(F)(F)F)C(F)(F)F. The molecule has 0 aliphatic heterocycles. The standard InChI is InChI=1S/C12H11BrF6O3S2/c1-10(11(14,15)16,12(17,18)19)6-23(20)8-2-4-9(5-3-8)24(21,22)7-13/h2-5H,6-7H2,1H3. The third-order valence-corrected chi connectivity index (χ3v) is 7.98. The maximum Gasteiger partial charge on any atom is 0.407 e. The van der Waals surface area contributed by atoms with E-state index in [2.05, 4.69) is 15.9 Å². The topological polar surface area (TPSA) is 57.2 Å². The first kappa shape index (κ1) is 21.6. The summed E-state index contributed by atoms with van der Waals surface area (Å²) in [7, 11) is -3.66. The highest BCUT2D eigenvalue weighted by molar-refractivity contribution is 9.10. The molecular formula is C12H11BrF6O3S2. The predicted octanol–water partition coefficient (Wildman–Crippen LogP) is 4.05. The highest BCUT2D eigenvalue weighted by Gasteiger charge is 2.69. The van der Waals surface area contributed by atoms with Crippen molar-refractivity contribution in [2.45, 2.75) is 29.1 Å². The van der Waals surface area contributed by atoms with Gasteiger partial charge in [0, 0.05) is 0 Å². The summed E-state index contributed by atoms with van der Waals surface area (Å²) in [5.74, 6) is -1.72. The maximum absolute atomic E-state index is 12.8. The molecule has 24 heavy (non-hydrogen) atoms. The second kappa shape index (κ2) is 7.04. The minimum Gasteiger partial charge on any atom is -0.611 e. The van der Waals surface area contributed by atoms with Crippen molar-refractivity contribution in [3.63, 3.8) is 0 Å². The molecule has 0 spiro atoms. The van der Waals surface area contributed by atoms with E-state index >= 15 is 0 Å². The monoisotopic (exact) mass is 460 g/mol. The molecule has 3 nitrogen and oxygen atoms in total. The highest BCUT2D eigenvalue weighted by atomic mass is 79.9. The number of sulfone groups is 1. The Kier molecular flexibility index (Phi) is 6.33. The fourth-order valence-corrected chi connectivity index (χ4v) is 4.46. The van der Waals surface area contributed by atoms with Crippen LogP contribution in [0.4, 0.5) is 26.3 Å². The first-order chi connectivity index (χ1) is 10.7. The first-order valence-corrected chi connectivity index (χ1v) is 10.2. The number of alkyl halides is 7. The van der Waals surface area contributed by atoms with Crippen LogP contribution in [0, 0.1) is 5.41 Å². The molecule has 0 heterocycles. The number of hydrogen-bond acceptors (Lipinski definition) is 3. The maximum atomic E-state index is 12.8. The summed E-state index contributed by atoms with van der Waals surface area (Å²) >= 11 is 0.111. The minimum absolute atomic E-state index is 0.0609. The molecule has 0 aromatic heterocycles. The molecule has 0 aliphatic rings. The smallest absolute Gasteiger partial charge is 0.407 e. The molecule has 0 aliphatic carbocycles. The van der Waals surface area contributed by atoms with E-state index in [1.807, 2.05) is 0 Å². The van der Waals surface area contributed by atoms with Gasteiger partial charge >= 0.3 is 12.4 Å². The molecule has 0 saturated heterocycles. The molecule has 0 fully saturated rings. The Hall–Kier alpha value is -0.460. The van der Waals surface area contributed by atoms with E-state index in [9.17, 15) is 39.3 Å². The molecule has 0 radical (unpaired) electrons. The summed E-state index contributed by atoms with van der Waals surface area (Å²) in [4.78, 5) is -0.530. The Morgan fingerprint density at radius 3 is 1.79 bits per heavy atom. The molecule has 0 N–H and O–H groups in total. The number of benzene rings is 1. The molecule has 138 valence electrons. The van der Waals surface area contributed by atoms with Crippen LogP contribution in [0.2, 0.25) is 0 Å². The summed E-state index contributed by atoms with van der Waals surface area (Å²) in [5, 5.41) is 0. The van der Waals surface area contributed by atoms with Gasteiger partial charge in [-0.3, -0.25) is 0 Å². The quantitative estimate of drug-likeness (QED) is 0.378. The number of hydrogen-bond donors (Lipinski definition) is 0. The molecular weight excluding hydrogens is 450 g/mol. The summed E-state index contributed by atoms with van der Waals surface area (Å²) in [6.07, 6.45) is -11.3. The van der Waals surface area contributed by atoms with Gasteiger partial charge in [-0.2, -0.15) is 26.3 Å². The van der Waals surface area contributed by atoms with Gasteiger partial charge in [0.15, 0.2) is 14.7 Å². The third-order valence-electron chi connectivity index (χ3n) is 3.26. The van der Waals surface area contributed by atoms with E-state index in [1.54, 1.807) is 0 Å². The lowest BCUT2D eigenvalue weighted by molar-refractivity contribution is -0.325. The summed E-state index contributed by atoms with van der Waals surface area (Å²) in [6.45, 7) is -0.0609. The van der Waals surface area contributed by atoms with Crippen LogP contribution in [0.3, 0.4) is 0 Å². The first-order valence-electron chi connectivity index (χ1n) is 6.06. The van der Waals surface area contributed by atoms with Crippen molar-refractivity contribution in [2.75, 3.05) is 10.4 Å². The van der Waals surface area contributed by atoms with Gasteiger partial charge in [-0.25, -0.2) is 8.42 Å². The lowest BCUT2D eigenvalue weighted by Crippen LogP contribution is -2.52. The van der Waals surface area contributed by atoms with Crippen molar-refractivity contribution in [1.82, 2.24) is 0 Å². The molecule has 0 amide bonds. The lowest BCUT2D eigenvalue weighted by atomic mass is 9.92. The third kappa shape index (κ3) is 4.38. The highest BCUT2D eigenvalue weighted by Crippen LogP contribution is 2.51. The predicted molar refractivity (Wildman–Crippen MR) is 78.9 cm³/mol. The molecule has 1 aromatic carbocycles. The Bertz CT molecular complexity index is 656. The normalized spacial score (nSPS) is 15.4. The zero-order chi connectivity index (χ0) is 19.0. The molecule has 1 rings (SSSR count). The van der Waals surface area contributed by atoms with Crippen molar-refractivity contribution in [2.24, 2.45) is 5.41 Å². The van der Waals surface area contributed by atoms with Crippen LogP contribution >= 0.6 is 15.9 Å². The van der Waals surface area contributed by atoms with Gasteiger partial charge in [-0.15, -0.1) is 0 Å². The fraction of sp³-hybridized carbons (Fsp3) is 0.500. The van der Waals surface area contributed by atoms with Crippen LogP contribution in [0.1, 0.15) is 6.92 Å². The van der Waals surface area contributed by atoms with Crippen LogP contribution in [0.5, 0.6) is 0 Å². The summed E-state index contributed by atoms with van der Waals surface area (Å²) < 4.78 is 111. The second-order valence-electron chi connectivity index (χ2n) is 5.01. The lowest BCUT2D eigenvalue weighted by Gasteiger charge is -2.33. The van der Waals surface area contributed by atoms with Crippen LogP contribution in [-0.4, -0.2) is 35.7 Å². The van der Waals surface area contributed by atoms with E-state index in [1.165, 1.54) is 0 Å². The average Bonchev–Trinajstić information content (AvgIpc) is 2.44. The second-order valence-corrected chi connectivity index (χ2v) is 9.76. The van der Waals surface area contributed by atoms with Crippen LogP contribution in [-0.2, 0) is 21.0 Å². The van der Waals surface area contributed by atoms with Crippen LogP contribution < -0.4 is 0 Å². The zero-order valence-electron chi connectivity index (χ0n) is 11.9. The molecule has 12 heteroatoms. The zero-order valence-corrected chi connectivity index (χ0v) is 15.1. The summed E-state index contributed by atoms with van der Waals surface area (Å²) in [5.41, 5.74) is -4.15. The molecule has 1 aromatic rings. The van der Waals surface area contributed by atoms with Crippen molar-refractivity contribution in [3.05, 3.63) is 24.3 Å². The van der Waals surface area contributed by atoms with E-state index in [4.69, 9.17) is 0 Å². The van der Waals surface area contributed by atoms with Crippen molar-refractivity contribution < 1.29 is 39.3 Å². The van der Waals surface area contributed by atoms with E-state index in [0.29, 0.717) is 0 Å². The summed E-state index contributed by atoms with van der Waals surface area (Å²) in [6, 6.07) is 3.81. The number of halogens is 7. The number of rotatable bonds is 5. The van der Waals surface area contributed by atoms with Gasteiger partial charge in [0.1, 0.15) is 10.4 Å². The van der Waals surface area contributed by atoms with Gasteiger partial charge in [-0.1, -0.05) is 15.9 Å². The molecule has 1 unspecified atom stereocenters. The van der Waals surface area contributed by atoms with E-state index in [0.717, 1.165) is 24.3 Å². The van der Waals surface area contributed by atoms with Crippen molar-refractivity contribution >= 4 is 36.9 Å². The minimum atomic E-state index is -5.64. The molecule has 0 saturated carbocycles. The fourth-order valence-electron chi connectivity index (χ4n) is 1.53. The molecule has 0 bridgehead atoms. The van der Waals surface area contributed by atoms with Crippen molar-refractivity contribution in [1.29, 1.82) is 0 Å². The van der Waals surface area contributed by atoms with Gasteiger partial charge in [0.25, 0.3) is 0 Å². The van der Waals surface area contributed by atoms with Crippen LogP contribution in [0.25, 0.3) is 0 Å². The molecule has 1 atom stereocenters. The van der Waals surface area contributed by atoms with Gasteiger partial charge in [-0.05, 0) is 42.4 Å². The van der Waals surface area contributed by atoms with E-state index in [-0.39, 0.29) is 16.7 Å². The average molecular weight is 461 g/mol. The Morgan fingerprint density at radius 2 is 1.46 bits per heavy atom. The Labute approximate surface area is 145 Å².